The Morgan fingerprint density at radius 2 is 2.05 bits per heavy atom. The maximum absolute atomic E-state index is 12.1. The van der Waals surface area contributed by atoms with Crippen molar-refractivity contribution in [3.63, 3.8) is 0 Å². The molecule has 1 unspecified atom stereocenters. The van der Waals surface area contributed by atoms with Crippen LogP contribution in [0, 0.1) is 5.92 Å². The van der Waals surface area contributed by atoms with Gasteiger partial charge in [-0.3, -0.25) is 9.78 Å². The number of pyridine rings is 1. The summed E-state index contributed by atoms with van der Waals surface area (Å²) in [5, 5.41) is 1.11. The zero-order chi connectivity index (χ0) is 13.7. The van der Waals surface area contributed by atoms with E-state index in [1.54, 1.807) is 0 Å². The highest BCUT2D eigenvalue weighted by Crippen LogP contribution is 2.14. The number of nitrogens with zero attached hydrogens (tertiary/aromatic N) is 1. The Balaban J connectivity index is 2.06. The third-order valence-corrected chi connectivity index (χ3v) is 3.40. The molecule has 0 aliphatic rings. The van der Waals surface area contributed by atoms with Gasteiger partial charge in [-0.1, -0.05) is 31.2 Å². The molecule has 2 rings (SSSR count). The minimum atomic E-state index is 0.0665. The van der Waals surface area contributed by atoms with Crippen LogP contribution in [0.1, 0.15) is 25.5 Å². The van der Waals surface area contributed by atoms with Crippen molar-refractivity contribution in [3.05, 3.63) is 42.1 Å². The number of fused-ring (bicyclic) bond motifs is 1. The fourth-order valence-electron chi connectivity index (χ4n) is 2.14. The van der Waals surface area contributed by atoms with E-state index >= 15 is 0 Å². The maximum Gasteiger partial charge on any atom is 0.141 e. The molecule has 0 saturated heterocycles. The minimum absolute atomic E-state index is 0.0665. The van der Waals surface area contributed by atoms with Crippen molar-refractivity contribution in [2.24, 2.45) is 11.7 Å². The van der Waals surface area contributed by atoms with Gasteiger partial charge in [0.1, 0.15) is 5.78 Å². The Morgan fingerprint density at radius 3 is 2.84 bits per heavy atom. The first-order valence-electron chi connectivity index (χ1n) is 6.78. The van der Waals surface area contributed by atoms with E-state index in [1.165, 1.54) is 0 Å². The number of benzene rings is 1. The molecular formula is C16H20N2O. The van der Waals surface area contributed by atoms with Crippen LogP contribution < -0.4 is 5.73 Å². The molecule has 2 aromatic rings. The van der Waals surface area contributed by atoms with Gasteiger partial charge < -0.3 is 5.73 Å². The van der Waals surface area contributed by atoms with Crippen molar-refractivity contribution in [3.8, 4) is 0 Å². The Bertz CT molecular complexity index is 565. The first-order chi connectivity index (χ1) is 9.20. The molecule has 0 bridgehead atoms. The number of ketones is 1. The lowest BCUT2D eigenvalue weighted by Crippen LogP contribution is -2.15. The fourth-order valence-corrected chi connectivity index (χ4v) is 2.14. The number of Topliss-reactive ketones (excluding diaryl/α,β-unsaturated/α-hetero) is 1. The van der Waals surface area contributed by atoms with Gasteiger partial charge in [-0.2, -0.15) is 0 Å². The summed E-state index contributed by atoms with van der Waals surface area (Å²) in [6, 6.07) is 11.9. The largest absolute Gasteiger partial charge is 0.330 e. The van der Waals surface area contributed by atoms with Gasteiger partial charge in [0, 0.05) is 23.4 Å². The van der Waals surface area contributed by atoms with Crippen molar-refractivity contribution >= 4 is 16.7 Å². The zero-order valence-corrected chi connectivity index (χ0v) is 11.3. The van der Waals surface area contributed by atoms with Crippen LogP contribution in [0.3, 0.4) is 0 Å². The van der Waals surface area contributed by atoms with E-state index in [1.807, 2.05) is 43.3 Å². The van der Waals surface area contributed by atoms with Gasteiger partial charge in [-0.05, 0) is 31.5 Å². The Kier molecular flexibility index (Phi) is 4.63. The van der Waals surface area contributed by atoms with E-state index in [-0.39, 0.29) is 11.7 Å². The summed E-state index contributed by atoms with van der Waals surface area (Å²) in [5.41, 5.74) is 7.27. The molecule has 19 heavy (non-hydrogen) atoms. The monoisotopic (exact) mass is 256 g/mol. The lowest BCUT2D eigenvalue weighted by Gasteiger charge is -2.09. The molecule has 1 aromatic heterocycles. The summed E-state index contributed by atoms with van der Waals surface area (Å²) in [7, 11) is 0. The highest BCUT2D eigenvalue weighted by Gasteiger charge is 2.13. The normalized spacial score (nSPS) is 12.5. The van der Waals surface area contributed by atoms with Crippen LogP contribution in [0.25, 0.3) is 10.9 Å². The highest BCUT2D eigenvalue weighted by molar-refractivity contribution is 5.84. The molecule has 0 aliphatic heterocycles. The third-order valence-electron chi connectivity index (χ3n) is 3.40. The SMILES string of the molecule is CC(CCCN)C(=O)Cc1ccc2ccccc2n1. The van der Waals surface area contributed by atoms with Gasteiger partial charge in [0.05, 0.1) is 5.52 Å². The second-order valence-electron chi connectivity index (χ2n) is 4.97. The second-order valence-corrected chi connectivity index (χ2v) is 4.97. The molecule has 0 fully saturated rings. The summed E-state index contributed by atoms with van der Waals surface area (Å²) >= 11 is 0. The quantitative estimate of drug-likeness (QED) is 0.864. The van der Waals surface area contributed by atoms with Crippen molar-refractivity contribution in [1.29, 1.82) is 0 Å². The van der Waals surface area contributed by atoms with E-state index in [2.05, 4.69) is 4.98 Å². The Hall–Kier alpha value is -1.74. The number of nitrogens with two attached hydrogens (primary N) is 1. The van der Waals surface area contributed by atoms with E-state index < -0.39 is 0 Å². The molecule has 1 heterocycles. The molecule has 1 aromatic carbocycles. The Morgan fingerprint density at radius 1 is 1.26 bits per heavy atom. The smallest absolute Gasteiger partial charge is 0.141 e. The van der Waals surface area contributed by atoms with Crippen LogP contribution in [-0.2, 0) is 11.2 Å². The van der Waals surface area contributed by atoms with Gasteiger partial charge in [0.2, 0.25) is 0 Å². The Labute approximate surface area is 113 Å². The van der Waals surface area contributed by atoms with Crippen LogP contribution in [-0.4, -0.2) is 17.3 Å². The lowest BCUT2D eigenvalue weighted by molar-refractivity contribution is -0.121. The predicted molar refractivity (Wildman–Crippen MR) is 77.9 cm³/mol. The molecule has 1 atom stereocenters. The number of para-hydroxylation sites is 1. The second kappa shape index (κ2) is 6.43. The van der Waals surface area contributed by atoms with Gasteiger partial charge >= 0.3 is 0 Å². The molecular weight excluding hydrogens is 236 g/mol. The first-order valence-corrected chi connectivity index (χ1v) is 6.78. The number of aromatic nitrogens is 1. The summed E-state index contributed by atoms with van der Waals surface area (Å²) in [6.07, 6.45) is 2.18. The van der Waals surface area contributed by atoms with Crippen molar-refractivity contribution in [2.45, 2.75) is 26.2 Å². The summed E-state index contributed by atoms with van der Waals surface area (Å²) < 4.78 is 0. The number of carbonyl (C=O) groups is 1. The number of hydrogen-bond donors (Lipinski definition) is 1. The molecule has 0 aliphatic carbocycles. The van der Waals surface area contributed by atoms with Crippen molar-refractivity contribution < 1.29 is 4.79 Å². The van der Waals surface area contributed by atoms with E-state index in [0.29, 0.717) is 13.0 Å². The summed E-state index contributed by atoms with van der Waals surface area (Å²) in [6.45, 7) is 2.62. The first kappa shape index (κ1) is 13.7. The standard InChI is InChI=1S/C16H20N2O/c1-12(5-4-10-17)16(19)11-14-9-8-13-6-2-3-7-15(13)18-14/h2-3,6-9,12H,4-5,10-11,17H2,1H3. The van der Waals surface area contributed by atoms with Gasteiger partial charge in [0.15, 0.2) is 0 Å². The lowest BCUT2D eigenvalue weighted by atomic mass is 9.97. The van der Waals surface area contributed by atoms with Crippen LogP contribution in [0.15, 0.2) is 36.4 Å². The predicted octanol–water partition coefficient (Wildman–Crippen LogP) is 2.72. The average molecular weight is 256 g/mol. The molecule has 3 nitrogen and oxygen atoms in total. The van der Waals surface area contributed by atoms with Crippen LogP contribution >= 0.6 is 0 Å². The van der Waals surface area contributed by atoms with Crippen LogP contribution in [0.4, 0.5) is 0 Å². The van der Waals surface area contributed by atoms with Crippen LogP contribution in [0.2, 0.25) is 0 Å². The van der Waals surface area contributed by atoms with Gasteiger partial charge in [-0.25, -0.2) is 0 Å². The molecule has 0 amide bonds. The number of rotatable bonds is 6. The third kappa shape index (κ3) is 3.61. The summed E-state index contributed by atoms with van der Waals surface area (Å²) in [4.78, 5) is 16.6. The zero-order valence-electron chi connectivity index (χ0n) is 11.3. The fraction of sp³-hybridized carbons (Fsp3) is 0.375. The maximum atomic E-state index is 12.1. The highest BCUT2D eigenvalue weighted by atomic mass is 16.1. The molecule has 3 heteroatoms. The van der Waals surface area contributed by atoms with Crippen molar-refractivity contribution in [2.75, 3.05) is 6.54 Å². The molecule has 0 spiro atoms. The topological polar surface area (TPSA) is 56.0 Å². The van der Waals surface area contributed by atoms with Gasteiger partial charge in [0.25, 0.3) is 0 Å². The van der Waals surface area contributed by atoms with E-state index in [0.717, 1.165) is 29.4 Å². The average Bonchev–Trinajstić information content (AvgIpc) is 2.44. The molecule has 0 radical (unpaired) electrons. The number of carbonyl (C=O) groups excluding carboxylic acids is 1. The molecule has 2 N–H and O–H groups in total. The molecule has 100 valence electrons. The van der Waals surface area contributed by atoms with E-state index in [4.69, 9.17) is 5.73 Å². The molecule has 0 saturated carbocycles. The number of hydrogen-bond acceptors (Lipinski definition) is 3. The van der Waals surface area contributed by atoms with Gasteiger partial charge in [-0.15, -0.1) is 0 Å². The van der Waals surface area contributed by atoms with E-state index in [9.17, 15) is 4.79 Å². The minimum Gasteiger partial charge on any atom is -0.330 e. The van der Waals surface area contributed by atoms with Crippen molar-refractivity contribution in [1.82, 2.24) is 4.98 Å². The summed E-state index contributed by atoms with van der Waals surface area (Å²) in [5.74, 6) is 0.313. The van der Waals surface area contributed by atoms with Crippen LogP contribution in [0.5, 0.6) is 0 Å².